The molecule has 0 aliphatic heterocycles. The Kier molecular flexibility index (Phi) is 4.48. The molecule has 0 saturated heterocycles. The number of carbonyl (C=O) groups is 2. The maximum absolute atomic E-state index is 11.5. The number of carboxylic acids is 1. The molecule has 0 aliphatic carbocycles. The molecule has 0 aromatic heterocycles. The number of carbonyl (C=O) groups excluding carboxylic acids is 1. The summed E-state index contributed by atoms with van der Waals surface area (Å²) in [7, 11) is 0. The molecule has 0 fully saturated rings. The normalized spacial score (nSPS) is 11.9. The van der Waals surface area contributed by atoms with Crippen molar-refractivity contribution in [3.8, 4) is 0 Å². The summed E-state index contributed by atoms with van der Waals surface area (Å²) in [6, 6.07) is 3.55. The van der Waals surface area contributed by atoms with Crippen LogP contribution in [0.3, 0.4) is 0 Å². The third-order valence-corrected chi connectivity index (χ3v) is 2.48. The van der Waals surface area contributed by atoms with Crippen molar-refractivity contribution < 1.29 is 14.7 Å². The van der Waals surface area contributed by atoms with Crippen molar-refractivity contribution in [1.29, 1.82) is 0 Å². The van der Waals surface area contributed by atoms with Crippen molar-refractivity contribution in [2.75, 3.05) is 5.32 Å². The molecule has 1 aromatic rings. The number of halogens is 1. The van der Waals surface area contributed by atoms with E-state index in [-0.39, 0.29) is 11.3 Å². The summed E-state index contributed by atoms with van der Waals surface area (Å²) in [5, 5.41) is 11.7. The Morgan fingerprint density at radius 1 is 1.53 bits per heavy atom. The Bertz CT molecular complexity index is 448. The van der Waals surface area contributed by atoms with E-state index >= 15 is 0 Å². The summed E-state index contributed by atoms with van der Waals surface area (Å²) in [5.41, 5.74) is 5.66. The van der Waals surface area contributed by atoms with Gasteiger partial charge in [-0.15, -0.1) is 0 Å². The van der Waals surface area contributed by atoms with E-state index in [9.17, 15) is 9.59 Å². The van der Waals surface area contributed by atoms with Crippen LogP contribution in [0.4, 0.5) is 5.69 Å². The van der Waals surface area contributed by atoms with Crippen molar-refractivity contribution >= 4 is 29.2 Å². The first-order valence-electron chi connectivity index (χ1n) is 5.05. The van der Waals surface area contributed by atoms with Crippen LogP contribution in [0.5, 0.6) is 0 Å². The van der Waals surface area contributed by atoms with Crippen molar-refractivity contribution in [2.24, 2.45) is 5.73 Å². The van der Waals surface area contributed by atoms with Crippen LogP contribution in [0.15, 0.2) is 18.2 Å². The molecule has 1 amide bonds. The fourth-order valence-corrected chi connectivity index (χ4v) is 1.39. The lowest BCUT2D eigenvalue weighted by Crippen LogP contribution is -2.35. The van der Waals surface area contributed by atoms with Gasteiger partial charge in [0.15, 0.2) is 0 Å². The van der Waals surface area contributed by atoms with Gasteiger partial charge < -0.3 is 16.2 Å². The van der Waals surface area contributed by atoms with Gasteiger partial charge in [-0.1, -0.05) is 18.5 Å². The summed E-state index contributed by atoms with van der Waals surface area (Å²) in [6.07, 6.45) is 0.474. The van der Waals surface area contributed by atoms with E-state index in [4.69, 9.17) is 22.4 Å². The Hall–Kier alpha value is -1.59. The van der Waals surface area contributed by atoms with Gasteiger partial charge in [0.1, 0.15) is 0 Å². The molecule has 1 aromatic carbocycles. The predicted octanol–water partition coefficient (Wildman–Crippen LogP) is 1.71. The van der Waals surface area contributed by atoms with Gasteiger partial charge in [-0.05, 0) is 24.6 Å². The highest BCUT2D eigenvalue weighted by Crippen LogP contribution is 2.20. The number of benzene rings is 1. The highest BCUT2D eigenvalue weighted by molar-refractivity contribution is 6.31. The SMILES string of the molecule is CC[C@@H](N)C(=O)Nc1ccc(Cl)cc1C(=O)O. The monoisotopic (exact) mass is 256 g/mol. The van der Waals surface area contributed by atoms with Gasteiger partial charge in [0, 0.05) is 5.02 Å². The Balaban J connectivity index is 2.98. The van der Waals surface area contributed by atoms with Gasteiger partial charge in [0.05, 0.1) is 17.3 Å². The average molecular weight is 257 g/mol. The average Bonchev–Trinajstić information content (AvgIpc) is 2.29. The van der Waals surface area contributed by atoms with Crippen LogP contribution >= 0.6 is 11.6 Å². The van der Waals surface area contributed by atoms with E-state index in [0.29, 0.717) is 11.4 Å². The Labute approximate surface area is 104 Å². The van der Waals surface area contributed by atoms with Gasteiger partial charge in [-0.25, -0.2) is 4.79 Å². The topological polar surface area (TPSA) is 92.4 Å². The Morgan fingerprint density at radius 3 is 2.71 bits per heavy atom. The van der Waals surface area contributed by atoms with E-state index in [2.05, 4.69) is 5.32 Å². The molecule has 0 radical (unpaired) electrons. The van der Waals surface area contributed by atoms with E-state index in [1.807, 2.05) is 0 Å². The highest BCUT2D eigenvalue weighted by Gasteiger charge is 2.16. The van der Waals surface area contributed by atoms with Crippen LogP contribution in [-0.4, -0.2) is 23.0 Å². The first-order chi connectivity index (χ1) is 7.95. The van der Waals surface area contributed by atoms with E-state index in [1.54, 1.807) is 6.92 Å². The Morgan fingerprint density at radius 2 is 2.18 bits per heavy atom. The molecule has 0 bridgehead atoms. The number of amides is 1. The predicted molar refractivity (Wildman–Crippen MR) is 65.3 cm³/mol. The molecule has 5 nitrogen and oxygen atoms in total. The number of anilines is 1. The fraction of sp³-hybridized carbons (Fsp3) is 0.273. The molecule has 4 N–H and O–H groups in total. The lowest BCUT2D eigenvalue weighted by atomic mass is 10.1. The summed E-state index contributed by atoms with van der Waals surface area (Å²) < 4.78 is 0. The molecule has 0 saturated carbocycles. The van der Waals surface area contributed by atoms with Gasteiger partial charge in [-0.3, -0.25) is 4.79 Å². The standard InChI is InChI=1S/C11H13ClN2O3/c1-2-8(13)10(15)14-9-4-3-6(12)5-7(9)11(16)17/h3-5,8H,2,13H2,1H3,(H,14,15)(H,16,17)/t8-/m1/s1. The molecule has 0 aliphatic rings. The number of aromatic carboxylic acids is 1. The quantitative estimate of drug-likeness (QED) is 0.765. The minimum absolute atomic E-state index is 0.0610. The van der Waals surface area contributed by atoms with Crippen molar-refractivity contribution in [1.82, 2.24) is 0 Å². The molecule has 1 atom stereocenters. The second-order valence-electron chi connectivity index (χ2n) is 3.50. The smallest absolute Gasteiger partial charge is 0.337 e. The number of hydrogen-bond donors (Lipinski definition) is 3. The van der Waals surface area contributed by atoms with Gasteiger partial charge >= 0.3 is 5.97 Å². The minimum Gasteiger partial charge on any atom is -0.478 e. The molecule has 17 heavy (non-hydrogen) atoms. The number of rotatable bonds is 4. The highest BCUT2D eigenvalue weighted by atomic mass is 35.5. The molecule has 6 heteroatoms. The van der Waals surface area contributed by atoms with Crippen LogP contribution in [0.25, 0.3) is 0 Å². The van der Waals surface area contributed by atoms with Crippen LogP contribution in [0.2, 0.25) is 5.02 Å². The third kappa shape index (κ3) is 3.44. The van der Waals surface area contributed by atoms with E-state index < -0.39 is 17.9 Å². The lowest BCUT2D eigenvalue weighted by Gasteiger charge is -2.12. The minimum atomic E-state index is -1.16. The first-order valence-corrected chi connectivity index (χ1v) is 5.42. The third-order valence-electron chi connectivity index (χ3n) is 2.25. The fourth-order valence-electron chi connectivity index (χ4n) is 1.21. The van der Waals surface area contributed by atoms with Crippen molar-refractivity contribution in [3.63, 3.8) is 0 Å². The largest absolute Gasteiger partial charge is 0.478 e. The molecular weight excluding hydrogens is 244 g/mol. The maximum atomic E-state index is 11.5. The summed E-state index contributed by atoms with van der Waals surface area (Å²) in [5.74, 6) is -1.58. The van der Waals surface area contributed by atoms with Crippen LogP contribution in [0, 0.1) is 0 Å². The molecule has 0 unspecified atom stereocenters. The second-order valence-corrected chi connectivity index (χ2v) is 3.94. The number of nitrogens with one attached hydrogen (secondary N) is 1. The summed E-state index contributed by atoms with van der Waals surface area (Å²) in [6.45, 7) is 1.77. The van der Waals surface area contributed by atoms with Gasteiger partial charge in [0.2, 0.25) is 5.91 Å². The molecule has 92 valence electrons. The van der Waals surface area contributed by atoms with Crippen LogP contribution in [0.1, 0.15) is 23.7 Å². The van der Waals surface area contributed by atoms with Gasteiger partial charge in [-0.2, -0.15) is 0 Å². The van der Waals surface area contributed by atoms with Crippen LogP contribution in [-0.2, 0) is 4.79 Å². The lowest BCUT2D eigenvalue weighted by molar-refractivity contribution is -0.117. The van der Waals surface area contributed by atoms with Gasteiger partial charge in [0.25, 0.3) is 0 Å². The van der Waals surface area contributed by atoms with Crippen molar-refractivity contribution in [3.05, 3.63) is 28.8 Å². The molecule has 0 heterocycles. The molecule has 1 rings (SSSR count). The number of hydrogen-bond acceptors (Lipinski definition) is 3. The number of nitrogens with two attached hydrogens (primary N) is 1. The second kappa shape index (κ2) is 5.65. The first kappa shape index (κ1) is 13.5. The zero-order chi connectivity index (χ0) is 13.0. The summed E-state index contributed by atoms with van der Waals surface area (Å²) >= 11 is 5.69. The van der Waals surface area contributed by atoms with Crippen molar-refractivity contribution in [2.45, 2.75) is 19.4 Å². The zero-order valence-corrected chi connectivity index (χ0v) is 9.99. The number of carboxylic acid groups (broad SMARTS) is 1. The van der Waals surface area contributed by atoms with E-state index in [0.717, 1.165) is 0 Å². The zero-order valence-electron chi connectivity index (χ0n) is 9.24. The molecule has 0 spiro atoms. The molecular formula is C11H13ClN2O3. The van der Waals surface area contributed by atoms with Crippen LogP contribution < -0.4 is 11.1 Å². The maximum Gasteiger partial charge on any atom is 0.337 e. The summed E-state index contributed by atoms with van der Waals surface area (Å²) in [4.78, 5) is 22.5. The van der Waals surface area contributed by atoms with E-state index in [1.165, 1.54) is 18.2 Å².